The van der Waals surface area contributed by atoms with Gasteiger partial charge in [0.05, 0.1) is 6.04 Å². The molecule has 0 aliphatic carbocycles. The van der Waals surface area contributed by atoms with Crippen molar-refractivity contribution < 1.29 is 14.4 Å². The van der Waals surface area contributed by atoms with Crippen LogP contribution in [-0.4, -0.2) is 23.8 Å². The number of hydrogen-bond donors (Lipinski definition) is 3. The first-order valence-electron chi connectivity index (χ1n) is 9.02. The minimum atomic E-state index is -0.819. The monoisotopic (exact) mass is 445 g/mol. The van der Waals surface area contributed by atoms with Gasteiger partial charge >= 0.3 is 0 Å². The SMILES string of the molecule is C[C@@H](NC(=O)CCC(=O)N[C@@H](Cc1ccc(Br)cc1)C(N)=O)c1ccccc1. The molecule has 0 aliphatic heterocycles. The predicted molar refractivity (Wildman–Crippen MR) is 111 cm³/mol. The van der Waals surface area contributed by atoms with Gasteiger partial charge in [0, 0.05) is 23.7 Å². The summed E-state index contributed by atoms with van der Waals surface area (Å²) in [5, 5.41) is 5.47. The lowest BCUT2D eigenvalue weighted by Crippen LogP contribution is -2.46. The van der Waals surface area contributed by atoms with Gasteiger partial charge in [0.25, 0.3) is 0 Å². The van der Waals surface area contributed by atoms with Crippen molar-refractivity contribution in [3.63, 3.8) is 0 Å². The molecule has 0 radical (unpaired) electrons. The maximum Gasteiger partial charge on any atom is 0.240 e. The molecule has 0 saturated heterocycles. The molecule has 0 bridgehead atoms. The first-order chi connectivity index (χ1) is 13.3. The second kappa shape index (κ2) is 10.6. The summed E-state index contributed by atoms with van der Waals surface area (Å²) in [7, 11) is 0. The van der Waals surface area contributed by atoms with Crippen LogP contribution in [0.2, 0.25) is 0 Å². The topological polar surface area (TPSA) is 101 Å². The van der Waals surface area contributed by atoms with Gasteiger partial charge in [-0.2, -0.15) is 0 Å². The predicted octanol–water partition coefficient (Wildman–Crippen LogP) is 2.62. The molecule has 2 atom stereocenters. The fourth-order valence-corrected chi connectivity index (χ4v) is 2.98. The fraction of sp³-hybridized carbons (Fsp3) is 0.286. The molecule has 148 valence electrons. The van der Waals surface area contributed by atoms with E-state index >= 15 is 0 Å². The fourth-order valence-electron chi connectivity index (χ4n) is 2.71. The van der Waals surface area contributed by atoms with E-state index in [-0.39, 0.29) is 30.7 Å². The molecule has 0 saturated carbocycles. The Morgan fingerprint density at radius 3 is 2.07 bits per heavy atom. The summed E-state index contributed by atoms with van der Waals surface area (Å²) in [5.41, 5.74) is 7.27. The molecule has 2 aromatic carbocycles. The number of nitrogens with two attached hydrogens (primary N) is 1. The average molecular weight is 446 g/mol. The average Bonchev–Trinajstić information content (AvgIpc) is 2.68. The Bertz CT molecular complexity index is 809. The van der Waals surface area contributed by atoms with Gasteiger partial charge in [-0.1, -0.05) is 58.4 Å². The van der Waals surface area contributed by atoms with E-state index in [1.165, 1.54) is 0 Å². The number of carbonyl (C=O) groups excluding carboxylic acids is 3. The Balaban J connectivity index is 1.81. The molecule has 7 heteroatoms. The number of carbonyl (C=O) groups is 3. The summed E-state index contributed by atoms with van der Waals surface area (Å²) >= 11 is 3.35. The molecule has 0 aromatic heterocycles. The van der Waals surface area contributed by atoms with Crippen molar-refractivity contribution >= 4 is 33.7 Å². The van der Waals surface area contributed by atoms with E-state index in [4.69, 9.17) is 5.73 Å². The van der Waals surface area contributed by atoms with E-state index in [9.17, 15) is 14.4 Å². The molecule has 0 heterocycles. The van der Waals surface area contributed by atoms with Gasteiger partial charge in [0.2, 0.25) is 17.7 Å². The Morgan fingerprint density at radius 1 is 0.929 bits per heavy atom. The zero-order valence-electron chi connectivity index (χ0n) is 15.7. The third-order valence-electron chi connectivity index (χ3n) is 4.29. The normalized spacial score (nSPS) is 12.6. The maximum absolute atomic E-state index is 12.2. The van der Waals surface area contributed by atoms with E-state index < -0.39 is 11.9 Å². The number of amides is 3. The zero-order valence-corrected chi connectivity index (χ0v) is 17.2. The van der Waals surface area contributed by atoms with E-state index in [1.807, 2.05) is 61.5 Å². The lowest BCUT2D eigenvalue weighted by molar-refractivity contribution is -0.129. The number of nitrogens with one attached hydrogen (secondary N) is 2. The number of rotatable bonds is 9. The third-order valence-corrected chi connectivity index (χ3v) is 4.82. The van der Waals surface area contributed by atoms with Crippen molar-refractivity contribution in [1.82, 2.24) is 10.6 Å². The molecule has 4 N–H and O–H groups in total. The Labute approximate surface area is 173 Å². The molecular weight excluding hydrogens is 422 g/mol. The molecule has 2 rings (SSSR count). The molecule has 0 fully saturated rings. The quantitative estimate of drug-likeness (QED) is 0.552. The van der Waals surface area contributed by atoms with Gasteiger partial charge in [0.1, 0.15) is 6.04 Å². The highest BCUT2D eigenvalue weighted by atomic mass is 79.9. The third kappa shape index (κ3) is 7.15. The summed E-state index contributed by atoms with van der Waals surface area (Å²) in [5.74, 6) is -1.23. The van der Waals surface area contributed by atoms with Crippen LogP contribution in [0, 0.1) is 0 Å². The highest BCUT2D eigenvalue weighted by Crippen LogP contribution is 2.13. The van der Waals surface area contributed by atoms with Gasteiger partial charge in [-0.15, -0.1) is 0 Å². The largest absolute Gasteiger partial charge is 0.368 e. The Hall–Kier alpha value is -2.67. The molecular formula is C21H24BrN3O3. The lowest BCUT2D eigenvalue weighted by Gasteiger charge is -2.16. The van der Waals surface area contributed by atoms with Crippen LogP contribution in [0.3, 0.4) is 0 Å². The van der Waals surface area contributed by atoms with Crippen molar-refractivity contribution in [2.45, 2.75) is 38.3 Å². The Morgan fingerprint density at radius 2 is 1.50 bits per heavy atom. The molecule has 3 amide bonds. The summed E-state index contributed by atoms with van der Waals surface area (Å²) in [6, 6.07) is 16.0. The van der Waals surface area contributed by atoms with E-state index in [1.54, 1.807) is 0 Å². The van der Waals surface area contributed by atoms with Crippen LogP contribution in [0.5, 0.6) is 0 Å². The smallest absolute Gasteiger partial charge is 0.240 e. The van der Waals surface area contributed by atoms with Crippen LogP contribution in [0.4, 0.5) is 0 Å². The van der Waals surface area contributed by atoms with Crippen molar-refractivity contribution in [2.75, 3.05) is 0 Å². The lowest BCUT2D eigenvalue weighted by atomic mass is 10.1. The standard InChI is InChI=1S/C21H24BrN3O3/c1-14(16-5-3-2-4-6-16)24-19(26)11-12-20(27)25-18(21(23)28)13-15-7-9-17(22)10-8-15/h2-10,14,18H,11-13H2,1H3,(H2,23,28)(H,24,26)(H,25,27)/t14-,18+/m1/s1. The maximum atomic E-state index is 12.2. The summed E-state index contributed by atoms with van der Waals surface area (Å²) in [6.07, 6.45) is 0.315. The first kappa shape index (κ1) is 21.6. The highest BCUT2D eigenvalue weighted by molar-refractivity contribution is 9.10. The molecule has 2 aromatic rings. The highest BCUT2D eigenvalue weighted by Gasteiger charge is 2.19. The number of hydrogen-bond acceptors (Lipinski definition) is 3. The van der Waals surface area contributed by atoms with Crippen molar-refractivity contribution in [1.29, 1.82) is 0 Å². The van der Waals surface area contributed by atoms with Crippen LogP contribution in [-0.2, 0) is 20.8 Å². The Kier molecular flexibility index (Phi) is 8.19. The minimum Gasteiger partial charge on any atom is -0.368 e. The van der Waals surface area contributed by atoms with Crippen molar-refractivity contribution in [3.8, 4) is 0 Å². The van der Waals surface area contributed by atoms with Crippen molar-refractivity contribution in [2.24, 2.45) is 5.73 Å². The van der Waals surface area contributed by atoms with E-state index in [0.29, 0.717) is 6.42 Å². The van der Waals surface area contributed by atoms with Crippen LogP contribution >= 0.6 is 15.9 Å². The van der Waals surface area contributed by atoms with E-state index in [0.717, 1.165) is 15.6 Å². The van der Waals surface area contributed by atoms with E-state index in [2.05, 4.69) is 26.6 Å². The number of primary amides is 1. The van der Waals surface area contributed by atoms with Gasteiger partial charge in [-0.25, -0.2) is 0 Å². The van der Waals surface area contributed by atoms with Gasteiger partial charge in [0.15, 0.2) is 0 Å². The molecule has 0 spiro atoms. The number of benzene rings is 2. The van der Waals surface area contributed by atoms with Gasteiger partial charge in [-0.05, 0) is 30.2 Å². The zero-order chi connectivity index (χ0) is 20.5. The van der Waals surface area contributed by atoms with Crippen LogP contribution in [0.1, 0.15) is 36.9 Å². The van der Waals surface area contributed by atoms with Gasteiger partial charge < -0.3 is 16.4 Å². The molecule has 6 nitrogen and oxygen atoms in total. The second-order valence-electron chi connectivity index (χ2n) is 6.55. The van der Waals surface area contributed by atoms with Gasteiger partial charge in [-0.3, -0.25) is 14.4 Å². The van der Waals surface area contributed by atoms with Crippen LogP contribution in [0.15, 0.2) is 59.1 Å². The minimum absolute atomic E-state index is 0.0164. The van der Waals surface area contributed by atoms with Crippen molar-refractivity contribution in [3.05, 3.63) is 70.2 Å². The molecule has 0 unspecified atom stereocenters. The summed E-state index contributed by atoms with van der Waals surface area (Å²) in [4.78, 5) is 35.9. The summed E-state index contributed by atoms with van der Waals surface area (Å²) < 4.78 is 0.923. The number of halogens is 1. The summed E-state index contributed by atoms with van der Waals surface area (Å²) in [6.45, 7) is 1.88. The van der Waals surface area contributed by atoms with Crippen LogP contribution < -0.4 is 16.4 Å². The molecule has 0 aliphatic rings. The first-order valence-corrected chi connectivity index (χ1v) is 9.82. The second-order valence-corrected chi connectivity index (χ2v) is 7.47. The van der Waals surface area contributed by atoms with Crippen LogP contribution in [0.25, 0.3) is 0 Å². The molecule has 28 heavy (non-hydrogen) atoms.